The van der Waals surface area contributed by atoms with Crippen LogP contribution in [-0.4, -0.2) is 49.6 Å². The molecule has 2 atom stereocenters. The molecule has 1 heterocycles. The molecule has 1 amide bonds. The van der Waals surface area contributed by atoms with Crippen LogP contribution in [0.1, 0.15) is 39.0 Å². The Morgan fingerprint density at radius 1 is 1.33 bits per heavy atom. The Labute approximate surface area is 110 Å². The minimum atomic E-state index is 0.237. The summed E-state index contributed by atoms with van der Waals surface area (Å²) in [5, 5.41) is 6.48. The van der Waals surface area contributed by atoms with Crippen LogP contribution in [0.5, 0.6) is 0 Å². The standard InChI is InChI=1S/C14H27N3O/c1-3-11-10-17(8-6-13(11)15-2)9-7-14(18)16-12-4-5-12/h11-13,15H,3-10H2,1-2H3,(H,16,18). The van der Waals surface area contributed by atoms with Crippen LogP contribution >= 0.6 is 0 Å². The first kappa shape index (κ1) is 13.8. The van der Waals surface area contributed by atoms with Gasteiger partial charge >= 0.3 is 0 Å². The Bertz CT molecular complexity index is 278. The molecule has 0 bridgehead atoms. The third-order valence-corrected chi connectivity index (χ3v) is 4.31. The smallest absolute Gasteiger partial charge is 0.221 e. The summed E-state index contributed by atoms with van der Waals surface area (Å²) in [5.41, 5.74) is 0. The summed E-state index contributed by atoms with van der Waals surface area (Å²) in [6.07, 6.45) is 5.45. The highest BCUT2D eigenvalue weighted by atomic mass is 16.1. The van der Waals surface area contributed by atoms with Crippen LogP contribution in [0.2, 0.25) is 0 Å². The van der Waals surface area contributed by atoms with Crippen molar-refractivity contribution in [1.29, 1.82) is 0 Å². The van der Waals surface area contributed by atoms with Crippen LogP contribution in [0.15, 0.2) is 0 Å². The lowest BCUT2D eigenvalue weighted by Crippen LogP contribution is -2.48. The van der Waals surface area contributed by atoms with Crippen molar-refractivity contribution in [1.82, 2.24) is 15.5 Å². The number of hydrogen-bond donors (Lipinski definition) is 2. The second-order valence-corrected chi connectivity index (χ2v) is 5.74. The normalized spacial score (nSPS) is 29.2. The molecule has 0 spiro atoms. The predicted octanol–water partition coefficient (Wildman–Crippen LogP) is 0.975. The highest BCUT2D eigenvalue weighted by molar-refractivity contribution is 5.76. The zero-order valence-corrected chi connectivity index (χ0v) is 11.7. The Morgan fingerprint density at radius 3 is 2.72 bits per heavy atom. The van der Waals surface area contributed by atoms with Crippen molar-refractivity contribution in [2.75, 3.05) is 26.7 Å². The van der Waals surface area contributed by atoms with E-state index in [2.05, 4.69) is 29.5 Å². The van der Waals surface area contributed by atoms with Crippen LogP contribution in [0.3, 0.4) is 0 Å². The number of nitrogens with zero attached hydrogens (tertiary/aromatic N) is 1. The fourth-order valence-corrected chi connectivity index (χ4v) is 2.89. The van der Waals surface area contributed by atoms with Crippen LogP contribution in [0.25, 0.3) is 0 Å². The van der Waals surface area contributed by atoms with E-state index in [9.17, 15) is 4.79 Å². The molecule has 4 nitrogen and oxygen atoms in total. The van der Waals surface area contributed by atoms with Crippen molar-refractivity contribution in [3.05, 3.63) is 0 Å². The molecule has 0 radical (unpaired) electrons. The number of rotatable bonds is 6. The maximum absolute atomic E-state index is 11.7. The lowest BCUT2D eigenvalue weighted by atomic mass is 9.90. The van der Waals surface area contributed by atoms with Gasteiger partial charge in [-0.1, -0.05) is 13.3 Å². The van der Waals surface area contributed by atoms with Crippen LogP contribution < -0.4 is 10.6 Å². The highest BCUT2D eigenvalue weighted by Gasteiger charge is 2.27. The summed E-state index contributed by atoms with van der Waals surface area (Å²) in [6.45, 7) is 5.45. The summed E-state index contributed by atoms with van der Waals surface area (Å²) in [7, 11) is 2.06. The Hall–Kier alpha value is -0.610. The molecular formula is C14H27N3O. The molecule has 0 aromatic carbocycles. The lowest BCUT2D eigenvalue weighted by Gasteiger charge is -2.38. The summed E-state index contributed by atoms with van der Waals surface area (Å²) < 4.78 is 0. The molecule has 2 fully saturated rings. The van der Waals surface area contributed by atoms with Crippen molar-refractivity contribution >= 4 is 5.91 Å². The van der Waals surface area contributed by atoms with Gasteiger partial charge in [0.2, 0.25) is 5.91 Å². The van der Waals surface area contributed by atoms with Crippen molar-refractivity contribution in [2.45, 2.75) is 51.1 Å². The molecule has 2 aliphatic rings. The van der Waals surface area contributed by atoms with Gasteiger partial charge in [-0.2, -0.15) is 0 Å². The lowest BCUT2D eigenvalue weighted by molar-refractivity contribution is -0.121. The first-order valence-corrected chi connectivity index (χ1v) is 7.42. The zero-order chi connectivity index (χ0) is 13.0. The monoisotopic (exact) mass is 253 g/mol. The largest absolute Gasteiger partial charge is 0.353 e. The Kier molecular flexibility index (Phi) is 5.01. The quantitative estimate of drug-likeness (QED) is 0.741. The fourth-order valence-electron chi connectivity index (χ4n) is 2.89. The number of piperidine rings is 1. The second-order valence-electron chi connectivity index (χ2n) is 5.74. The summed E-state index contributed by atoms with van der Waals surface area (Å²) in [4.78, 5) is 14.1. The number of nitrogens with one attached hydrogen (secondary N) is 2. The third-order valence-electron chi connectivity index (χ3n) is 4.31. The van der Waals surface area contributed by atoms with Gasteiger partial charge in [0, 0.05) is 31.6 Å². The first-order chi connectivity index (χ1) is 8.72. The van der Waals surface area contributed by atoms with Gasteiger partial charge in [-0.15, -0.1) is 0 Å². The molecule has 0 aromatic heterocycles. The minimum absolute atomic E-state index is 0.237. The number of likely N-dealkylation sites (tertiary alicyclic amines) is 1. The number of hydrogen-bond acceptors (Lipinski definition) is 3. The maximum atomic E-state index is 11.7. The molecule has 1 saturated carbocycles. The Morgan fingerprint density at radius 2 is 2.11 bits per heavy atom. The van der Waals surface area contributed by atoms with E-state index < -0.39 is 0 Å². The molecule has 1 aliphatic heterocycles. The van der Waals surface area contributed by atoms with Gasteiger partial charge in [-0.3, -0.25) is 4.79 Å². The molecule has 1 saturated heterocycles. The van der Waals surface area contributed by atoms with Crippen molar-refractivity contribution in [3.63, 3.8) is 0 Å². The van der Waals surface area contributed by atoms with E-state index in [-0.39, 0.29) is 5.91 Å². The number of carbonyl (C=O) groups is 1. The summed E-state index contributed by atoms with van der Waals surface area (Å²) in [6, 6.07) is 1.16. The molecule has 2 N–H and O–H groups in total. The van der Waals surface area contributed by atoms with E-state index in [1.54, 1.807) is 0 Å². The van der Waals surface area contributed by atoms with Gasteiger partial charge < -0.3 is 15.5 Å². The van der Waals surface area contributed by atoms with Crippen LogP contribution in [-0.2, 0) is 4.79 Å². The summed E-state index contributed by atoms with van der Waals surface area (Å²) in [5.74, 6) is 0.969. The molecule has 1 aliphatic carbocycles. The molecular weight excluding hydrogens is 226 g/mol. The topological polar surface area (TPSA) is 44.4 Å². The molecule has 4 heteroatoms. The molecule has 2 rings (SSSR count). The Balaban J connectivity index is 1.68. The van der Waals surface area contributed by atoms with Crippen molar-refractivity contribution in [2.24, 2.45) is 5.92 Å². The molecule has 18 heavy (non-hydrogen) atoms. The van der Waals surface area contributed by atoms with Gasteiger partial charge in [-0.25, -0.2) is 0 Å². The van der Waals surface area contributed by atoms with E-state index in [0.717, 1.165) is 25.6 Å². The zero-order valence-electron chi connectivity index (χ0n) is 11.7. The SMILES string of the molecule is CCC1CN(CCC(=O)NC2CC2)CCC1NC. The molecule has 104 valence electrons. The molecule has 2 unspecified atom stereocenters. The van der Waals surface area contributed by atoms with E-state index >= 15 is 0 Å². The van der Waals surface area contributed by atoms with Gasteiger partial charge in [0.1, 0.15) is 0 Å². The minimum Gasteiger partial charge on any atom is -0.353 e. The average Bonchev–Trinajstić information content (AvgIpc) is 3.19. The summed E-state index contributed by atoms with van der Waals surface area (Å²) >= 11 is 0. The van der Waals surface area contributed by atoms with E-state index in [1.165, 1.54) is 25.7 Å². The van der Waals surface area contributed by atoms with Gasteiger partial charge in [0.25, 0.3) is 0 Å². The number of carbonyl (C=O) groups excluding carboxylic acids is 1. The van der Waals surface area contributed by atoms with Crippen LogP contribution in [0.4, 0.5) is 0 Å². The first-order valence-electron chi connectivity index (χ1n) is 7.42. The van der Waals surface area contributed by atoms with E-state index in [4.69, 9.17) is 0 Å². The van der Waals surface area contributed by atoms with Gasteiger partial charge in [0.05, 0.1) is 0 Å². The van der Waals surface area contributed by atoms with Crippen molar-refractivity contribution < 1.29 is 4.79 Å². The maximum Gasteiger partial charge on any atom is 0.221 e. The molecule has 0 aromatic rings. The highest BCUT2D eigenvalue weighted by Crippen LogP contribution is 2.21. The van der Waals surface area contributed by atoms with Gasteiger partial charge in [0.15, 0.2) is 0 Å². The van der Waals surface area contributed by atoms with Crippen molar-refractivity contribution in [3.8, 4) is 0 Å². The van der Waals surface area contributed by atoms with E-state index in [0.29, 0.717) is 18.5 Å². The third kappa shape index (κ3) is 3.95. The fraction of sp³-hybridized carbons (Fsp3) is 0.929. The average molecular weight is 253 g/mol. The van der Waals surface area contributed by atoms with Gasteiger partial charge in [-0.05, 0) is 38.8 Å². The number of amides is 1. The second kappa shape index (κ2) is 6.53. The van der Waals surface area contributed by atoms with Crippen LogP contribution in [0, 0.1) is 5.92 Å². The predicted molar refractivity (Wildman–Crippen MR) is 73.5 cm³/mol. The van der Waals surface area contributed by atoms with E-state index in [1.807, 2.05) is 0 Å².